The maximum Gasteiger partial charge on any atom is 0.251 e. The van der Waals surface area contributed by atoms with Crippen molar-refractivity contribution in [1.29, 1.82) is 0 Å². The van der Waals surface area contributed by atoms with E-state index in [1.54, 1.807) is 0 Å². The van der Waals surface area contributed by atoms with Gasteiger partial charge in [-0.05, 0) is 51.9 Å². The van der Waals surface area contributed by atoms with E-state index in [9.17, 15) is 15.0 Å². The minimum Gasteiger partial charge on any atom is -0.396 e. The molecule has 0 unspecified atom stereocenters. The van der Waals surface area contributed by atoms with Crippen LogP contribution in [-0.2, 0) is 11.2 Å². The van der Waals surface area contributed by atoms with E-state index >= 15 is 0 Å². The van der Waals surface area contributed by atoms with Gasteiger partial charge in [0.2, 0.25) is 5.95 Å². The number of aliphatic hydroxyl groups is 2. The number of anilines is 1. The third kappa shape index (κ3) is 4.10. The van der Waals surface area contributed by atoms with Crippen molar-refractivity contribution in [3.63, 3.8) is 0 Å². The molecule has 0 radical (unpaired) electrons. The third-order valence-electron chi connectivity index (χ3n) is 5.19. The molecule has 7 nitrogen and oxygen atoms in total. The summed E-state index contributed by atoms with van der Waals surface area (Å²) in [4.78, 5) is 23.5. The molecule has 25 heavy (non-hydrogen) atoms. The Bertz CT molecular complexity index is 621. The normalized spacial score (nSPS) is 21.8. The number of aryl methyl sites for hydroxylation is 1. The fraction of sp³-hybridized carbons (Fsp3) is 0.722. The first kappa shape index (κ1) is 18.1. The topological polar surface area (TPSA) is 98.6 Å². The van der Waals surface area contributed by atoms with Crippen LogP contribution < -0.4 is 10.2 Å². The molecule has 1 aliphatic carbocycles. The Balaban J connectivity index is 1.73. The minimum atomic E-state index is -1.39. The summed E-state index contributed by atoms with van der Waals surface area (Å²) in [6, 6.07) is -0.142. The zero-order valence-corrected chi connectivity index (χ0v) is 15.0. The summed E-state index contributed by atoms with van der Waals surface area (Å²) < 4.78 is 0. The number of aliphatic hydroxyl groups excluding tert-OH is 1. The number of carbonyl (C=O) groups is 1. The lowest BCUT2D eigenvalue weighted by Gasteiger charge is -2.32. The van der Waals surface area contributed by atoms with Gasteiger partial charge in [-0.2, -0.15) is 0 Å². The second-order valence-electron chi connectivity index (χ2n) is 7.66. The number of carbonyl (C=O) groups excluding carboxylic acids is 1. The van der Waals surface area contributed by atoms with Crippen LogP contribution in [0.4, 0.5) is 5.95 Å². The molecule has 0 bridgehead atoms. The van der Waals surface area contributed by atoms with Crippen LogP contribution in [0, 0.1) is 5.92 Å². The predicted octanol–water partition coefficient (Wildman–Crippen LogP) is 0.950. The predicted molar refractivity (Wildman–Crippen MR) is 94.2 cm³/mol. The highest BCUT2D eigenvalue weighted by atomic mass is 16.3. The van der Waals surface area contributed by atoms with Gasteiger partial charge in [0.05, 0.1) is 11.7 Å². The van der Waals surface area contributed by atoms with Gasteiger partial charge in [0, 0.05) is 31.5 Å². The van der Waals surface area contributed by atoms with Gasteiger partial charge in [0.15, 0.2) is 0 Å². The fourth-order valence-corrected chi connectivity index (χ4v) is 3.49. The molecule has 3 N–H and O–H groups in total. The van der Waals surface area contributed by atoms with E-state index in [4.69, 9.17) is 4.98 Å². The number of hydrogen-bond donors (Lipinski definition) is 3. The molecule has 7 heteroatoms. The molecule has 0 aromatic carbocycles. The summed E-state index contributed by atoms with van der Waals surface area (Å²) in [6.07, 6.45) is 6.41. The Morgan fingerprint density at radius 3 is 2.72 bits per heavy atom. The molecular formula is C18H28N4O3. The summed E-state index contributed by atoms with van der Waals surface area (Å²) in [6.45, 7) is 4.95. The summed E-state index contributed by atoms with van der Waals surface area (Å²) >= 11 is 0. The van der Waals surface area contributed by atoms with Crippen molar-refractivity contribution in [3.05, 3.63) is 17.5 Å². The lowest BCUT2D eigenvalue weighted by molar-refractivity contribution is -0.137. The standard InChI is InChI=1S/C18H28N4O3/c1-18(2,25)16(24)20-14-4-3-5-15-13(14)10-19-17(21-15)22-8-6-12(11-23)7-9-22/h10,12,14,23,25H,3-9,11H2,1-2H3,(H,20,24)/t14-/m0/s1. The minimum absolute atomic E-state index is 0.142. The van der Waals surface area contributed by atoms with Crippen molar-refractivity contribution >= 4 is 11.9 Å². The van der Waals surface area contributed by atoms with Crippen LogP contribution in [-0.4, -0.2) is 51.4 Å². The summed E-state index contributed by atoms with van der Waals surface area (Å²) in [5.74, 6) is 0.750. The second kappa shape index (κ2) is 7.25. The molecule has 1 saturated heterocycles. The first-order valence-electron chi connectivity index (χ1n) is 9.13. The lowest BCUT2D eigenvalue weighted by Crippen LogP contribution is -2.44. The van der Waals surface area contributed by atoms with E-state index in [-0.39, 0.29) is 18.6 Å². The summed E-state index contributed by atoms with van der Waals surface area (Å²) in [5, 5.41) is 22.0. The number of piperidine rings is 1. The van der Waals surface area contributed by atoms with Crippen molar-refractivity contribution in [2.75, 3.05) is 24.6 Å². The second-order valence-corrected chi connectivity index (χ2v) is 7.66. The molecule has 0 saturated carbocycles. The highest BCUT2D eigenvalue weighted by Crippen LogP contribution is 2.30. The molecule has 1 amide bonds. The molecule has 1 aromatic rings. The number of rotatable bonds is 4. The summed E-state index contributed by atoms with van der Waals surface area (Å²) in [5.41, 5.74) is 0.551. The van der Waals surface area contributed by atoms with Crippen molar-refractivity contribution in [3.8, 4) is 0 Å². The fourth-order valence-electron chi connectivity index (χ4n) is 3.49. The van der Waals surface area contributed by atoms with Gasteiger partial charge >= 0.3 is 0 Å². The summed E-state index contributed by atoms with van der Waals surface area (Å²) in [7, 11) is 0. The number of nitrogens with zero attached hydrogens (tertiary/aromatic N) is 3. The van der Waals surface area contributed by atoms with Gasteiger partial charge in [0.25, 0.3) is 5.91 Å². The first-order chi connectivity index (χ1) is 11.9. The van der Waals surface area contributed by atoms with E-state index < -0.39 is 5.60 Å². The Hall–Kier alpha value is -1.73. The number of amides is 1. The molecule has 1 aromatic heterocycles. The highest BCUT2D eigenvalue weighted by molar-refractivity contribution is 5.84. The Morgan fingerprint density at radius 2 is 2.08 bits per heavy atom. The number of fused-ring (bicyclic) bond motifs is 1. The van der Waals surface area contributed by atoms with Crippen LogP contribution in [0.5, 0.6) is 0 Å². The maximum absolute atomic E-state index is 12.1. The Morgan fingerprint density at radius 1 is 1.36 bits per heavy atom. The Kier molecular flexibility index (Phi) is 5.24. The van der Waals surface area contributed by atoms with Crippen LogP contribution in [0.15, 0.2) is 6.20 Å². The van der Waals surface area contributed by atoms with Crippen LogP contribution in [0.2, 0.25) is 0 Å². The van der Waals surface area contributed by atoms with E-state index in [0.717, 1.165) is 62.4 Å². The smallest absolute Gasteiger partial charge is 0.251 e. The van der Waals surface area contributed by atoms with Crippen molar-refractivity contribution in [2.24, 2.45) is 5.92 Å². The van der Waals surface area contributed by atoms with Crippen LogP contribution in [0.25, 0.3) is 0 Å². The van der Waals surface area contributed by atoms with Crippen molar-refractivity contribution < 1.29 is 15.0 Å². The quantitative estimate of drug-likeness (QED) is 0.749. The number of hydrogen-bond acceptors (Lipinski definition) is 6. The molecule has 0 spiro atoms. The van der Waals surface area contributed by atoms with Gasteiger partial charge in [-0.25, -0.2) is 9.97 Å². The van der Waals surface area contributed by atoms with E-state index in [1.165, 1.54) is 13.8 Å². The molecular weight excluding hydrogens is 320 g/mol. The van der Waals surface area contributed by atoms with Crippen LogP contribution in [0.1, 0.15) is 56.8 Å². The highest BCUT2D eigenvalue weighted by Gasteiger charge is 2.30. The maximum atomic E-state index is 12.1. The van der Waals surface area contributed by atoms with Gasteiger partial charge in [-0.15, -0.1) is 0 Å². The SMILES string of the molecule is CC(C)(O)C(=O)N[C@H]1CCCc2nc(N3CCC(CO)CC3)ncc21. The molecule has 1 aliphatic heterocycles. The van der Waals surface area contributed by atoms with Crippen LogP contribution in [0.3, 0.4) is 0 Å². The average molecular weight is 348 g/mol. The van der Waals surface area contributed by atoms with Crippen LogP contribution >= 0.6 is 0 Å². The number of nitrogens with one attached hydrogen (secondary N) is 1. The Labute approximate surface area is 148 Å². The zero-order valence-electron chi connectivity index (χ0n) is 15.0. The monoisotopic (exact) mass is 348 g/mol. The first-order valence-corrected chi connectivity index (χ1v) is 9.13. The van der Waals surface area contributed by atoms with Crippen molar-refractivity contribution in [1.82, 2.24) is 15.3 Å². The molecule has 138 valence electrons. The van der Waals surface area contributed by atoms with Gasteiger partial charge in [0.1, 0.15) is 5.60 Å². The van der Waals surface area contributed by atoms with Gasteiger partial charge in [-0.1, -0.05) is 0 Å². The van der Waals surface area contributed by atoms with Gasteiger partial charge in [-0.3, -0.25) is 4.79 Å². The third-order valence-corrected chi connectivity index (χ3v) is 5.19. The van der Waals surface area contributed by atoms with Crippen molar-refractivity contribution in [2.45, 2.75) is 57.6 Å². The zero-order chi connectivity index (χ0) is 18.0. The lowest BCUT2D eigenvalue weighted by atomic mass is 9.91. The van der Waals surface area contributed by atoms with E-state index in [1.807, 2.05) is 6.20 Å². The average Bonchev–Trinajstić information content (AvgIpc) is 2.61. The molecule has 2 aliphatic rings. The largest absolute Gasteiger partial charge is 0.396 e. The van der Waals surface area contributed by atoms with E-state index in [2.05, 4.69) is 15.2 Å². The molecule has 1 atom stereocenters. The number of aromatic nitrogens is 2. The molecule has 3 rings (SSSR count). The van der Waals surface area contributed by atoms with Gasteiger partial charge < -0.3 is 20.4 Å². The van der Waals surface area contributed by atoms with E-state index in [0.29, 0.717) is 5.92 Å². The molecule has 2 heterocycles. The molecule has 1 fully saturated rings.